The van der Waals surface area contributed by atoms with Gasteiger partial charge in [0.2, 0.25) is 0 Å². The van der Waals surface area contributed by atoms with Gasteiger partial charge in [-0.1, -0.05) is 15.9 Å². The Morgan fingerprint density at radius 2 is 1.72 bits per heavy atom. The highest BCUT2D eigenvalue weighted by atomic mass is 79.9. The monoisotopic (exact) mass is 316 g/mol. The van der Waals surface area contributed by atoms with Crippen molar-refractivity contribution in [2.75, 3.05) is 20.3 Å². The molecule has 4 nitrogen and oxygen atoms in total. The Hall–Kier alpha value is -1.23. The average molecular weight is 317 g/mol. The minimum Gasteiger partial charge on any atom is -0.490 e. The predicted molar refractivity (Wildman–Crippen MR) is 72.2 cm³/mol. The quantitative estimate of drug-likeness (QED) is 0.757. The summed E-state index contributed by atoms with van der Waals surface area (Å²) in [5.41, 5.74) is 0.814. The number of ether oxygens (including phenoxy) is 3. The maximum absolute atomic E-state index is 11.3. The molecule has 0 bridgehead atoms. The van der Waals surface area contributed by atoms with Crippen LogP contribution in [0.1, 0.15) is 19.4 Å². The Kier molecular flexibility index (Phi) is 5.98. The molecule has 0 unspecified atom stereocenters. The summed E-state index contributed by atoms with van der Waals surface area (Å²) in [6.45, 7) is 4.91. The van der Waals surface area contributed by atoms with E-state index in [1.165, 1.54) is 7.11 Å². The van der Waals surface area contributed by atoms with Gasteiger partial charge < -0.3 is 14.2 Å². The fourth-order valence-electron chi connectivity index (χ4n) is 1.48. The third kappa shape index (κ3) is 3.91. The maximum Gasteiger partial charge on any atom is 0.310 e. The van der Waals surface area contributed by atoms with Gasteiger partial charge in [0.05, 0.1) is 26.7 Å². The van der Waals surface area contributed by atoms with E-state index in [4.69, 9.17) is 9.47 Å². The second-order valence-electron chi connectivity index (χ2n) is 3.51. The van der Waals surface area contributed by atoms with Crippen molar-refractivity contribution in [2.45, 2.75) is 20.3 Å². The van der Waals surface area contributed by atoms with E-state index < -0.39 is 0 Å². The molecular formula is C13H17BrO4. The smallest absolute Gasteiger partial charge is 0.310 e. The van der Waals surface area contributed by atoms with Gasteiger partial charge in [-0.05, 0) is 31.5 Å². The summed E-state index contributed by atoms with van der Waals surface area (Å²) in [6.07, 6.45) is 0.198. The molecule has 5 heteroatoms. The van der Waals surface area contributed by atoms with Crippen LogP contribution in [0.5, 0.6) is 11.5 Å². The molecule has 0 aliphatic heterocycles. The van der Waals surface area contributed by atoms with Crippen LogP contribution in [-0.2, 0) is 16.0 Å². The Morgan fingerprint density at radius 1 is 1.17 bits per heavy atom. The van der Waals surface area contributed by atoms with Crippen LogP contribution in [0.4, 0.5) is 0 Å². The number of esters is 1. The van der Waals surface area contributed by atoms with Gasteiger partial charge in [-0.25, -0.2) is 0 Å². The fourth-order valence-corrected chi connectivity index (χ4v) is 1.94. The van der Waals surface area contributed by atoms with E-state index in [-0.39, 0.29) is 12.4 Å². The van der Waals surface area contributed by atoms with Crippen LogP contribution in [0.2, 0.25) is 0 Å². The van der Waals surface area contributed by atoms with Crippen LogP contribution in [0.25, 0.3) is 0 Å². The summed E-state index contributed by atoms with van der Waals surface area (Å²) in [5.74, 6) is 1.02. The molecule has 0 saturated carbocycles. The van der Waals surface area contributed by atoms with Crippen molar-refractivity contribution in [3.8, 4) is 11.5 Å². The van der Waals surface area contributed by atoms with Crippen molar-refractivity contribution in [1.29, 1.82) is 0 Å². The first-order valence-electron chi connectivity index (χ1n) is 5.77. The lowest BCUT2D eigenvalue weighted by Gasteiger charge is -2.13. The first kappa shape index (κ1) is 14.8. The van der Waals surface area contributed by atoms with Crippen molar-refractivity contribution >= 4 is 21.9 Å². The van der Waals surface area contributed by atoms with E-state index in [2.05, 4.69) is 20.7 Å². The van der Waals surface area contributed by atoms with E-state index in [9.17, 15) is 4.79 Å². The normalized spacial score (nSPS) is 10.0. The molecule has 1 aromatic rings. The van der Waals surface area contributed by atoms with Crippen LogP contribution in [0, 0.1) is 0 Å². The lowest BCUT2D eigenvalue weighted by Crippen LogP contribution is -2.06. The summed E-state index contributed by atoms with van der Waals surface area (Å²) >= 11 is 3.42. The fraction of sp³-hybridized carbons (Fsp3) is 0.462. The number of carbonyl (C=O) groups is 1. The molecule has 0 radical (unpaired) electrons. The summed E-state index contributed by atoms with van der Waals surface area (Å²) in [6, 6.07) is 3.61. The summed E-state index contributed by atoms with van der Waals surface area (Å²) in [7, 11) is 1.37. The molecule has 1 aromatic carbocycles. The highest BCUT2D eigenvalue weighted by Crippen LogP contribution is 2.34. The third-order valence-corrected chi connectivity index (χ3v) is 3.01. The summed E-state index contributed by atoms with van der Waals surface area (Å²) in [4.78, 5) is 11.3. The average Bonchev–Trinajstić information content (AvgIpc) is 2.35. The largest absolute Gasteiger partial charge is 0.490 e. The zero-order valence-corrected chi connectivity index (χ0v) is 12.4. The number of carbonyl (C=O) groups excluding carboxylic acids is 1. The van der Waals surface area contributed by atoms with Crippen LogP contribution in [-0.4, -0.2) is 26.3 Å². The van der Waals surface area contributed by atoms with Gasteiger partial charge in [-0.15, -0.1) is 0 Å². The van der Waals surface area contributed by atoms with Gasteiger partial charge in [0.25, 0.3) is 0 Å². The third-order valence-electron chi connectivity index (χ3n) is 2.27. The van der Waals surface area contributed by atoms with Crippen molar-refractivity contribution in [3.63, 3.8) is 0 Å². The molecule has 0 heterocycles. The number of hydrogen-bond donors (Lipinski definition) is 0. The molecule has 0 aromatic heterocycles. The number of methoxy groups -OCH3 is 1. The summed E-state index contributed by atoms with van der Waals surface area (Å²) < 4.78 is 16.4. The highest BCUT2D eigenvalue weighted by Gasteiger charge is 2.13. The standard InChI is InChI=1S/C13H17BrO4/c1-4-17-11-6-9(7-13(15)16-3)10(14)8-12(11)18-5-2/h6,8H,4-5,7H2,1-3H3. The molecule has 100 valence electrons. The molecule has 1 rings (SSSR count). The van der Waals surface area contributed by atoms with Crippen molar-refractivity contribution in [2.24, 2.45) is 0 Å². The number of halogens is 1. The molecule has 0 aliphatic rings. The Bertz CT molecular complexity index is 418. The van der Waals surface area contributed by atoms with E-state index in [1.807, 2.05) is 19.9 Å². The molecular weight excluding hydrogens is 300 g/mol. The van der Waals surface area contributed by atoms with Gasteiger partial charge >= 0.3 is 5.97 Å². The molecule has 0 aliphatic carbocycles. The van der Waals surface area contributed by atoms with Crippen LogP contribution < -0.4 is 9.47 Å². The van der Waals surface area contributed by atoms with E-state index in [1.54, 1.807) is 6.07 Å². The number of hydrogen-bond acceptors (Lipinski definition) is 4. The molecule has 0 saturated heterocycles. The van der Waals surface area contributed by atoms with Gasteiger partial charge in [0, 0.05) is 4.47 Å². The first-order valence-corrected chi connectivity index (χ1v) is 6.56. The first-order chi connectivity index (χ1) is 8.62. The topological polar surface area (TPSA) is 44.8 Å². The van der Waals surface area contributed by atoms with Crippen molar-refractivity contribution in [3.05, 3.63) is 22.2 Å². The zero-order valence-electron chi connectivity index (χ0n) is 10.8. The van der Waals surface area contributed by atoms with Gasteiger partial charge in [0.15, 0.2) is 11.5 Å². The summed E-state index contributed by atoms with van der Waals surface area (Å²) in [5, 5.41) is 0. The SMILES string of the molecule is CCOc1cc(Br)c(CC(=O)OC)cc1OCC. The van der Waals surface area contributed by atoms with Crippen LogP contribution >= 0.6 is 15.9 Å². The van der Waals surface area contributed by atoms with Crippen LogP contribution in [0.3, 0.4) is 0 Å². The minimum atomic E-state index is -0.290. The number of benzene rings is 1. The Balaban J connectivity index is 3.05. The van der Waals surface area contributed by atoms with Gasteiger partial charge in [-0.2, -0.15) is 0 Å². The highest BCUT2D eigenvalue weighted by molar-refractivity contribution is 9.10. The van der Waals surface area contributed by atoms with Gasteiger partial charge in [-0.3, -0.25) is 4.79 Å². The zero-order chi connectivity index (χ0) is 13.5. The molecule has 18 heavy (non-hydrogen) atoms. The lowest BCUT2D eigenvalue weighted by atomic mass is 10.1. The molecule has 0 atom stereocenters. The van der Waals surface area contributed by atoms with E-state index in [0.29, 0.717) is 24.7 Å². The molecule has 0 fully saturated rings. The second-order valence-corrected chi connectivity index (χ2v) is 4.36. The van der Waals surface area contributed by atoms with Crippen molar-refractivity contribution < 1.29 is 19.0 Å². The Labute approximate surface area is 115 Å². The Morgan fingerprint density at radius 3 is 2.22 bits per heavy atom. The maximum atomic E-state index is 11.3. The number of rotatable bonds is 6. The molecule has 0 spiro atoms. The predicted octanol–water partition coefficient (Wildman–Crippen LogP) is 2.96. The second kappa shape index (κ2) is 7.26. The van der Waals surface area contributed by atoms with Crippen LogP contribution in [0.15, 0.2) is 16.6 Å². The van der Waals surface area contributed by atoms with E-state index in [0.717, 1.165) is 10.0 Å². The molecule has 0 N–H and O–H groups in total. The minimum absolute atomic E-state index is 0.198. The van der Waals surface area contributed by atoms with Crippen molar-refractivity contribution in [1.82, 2.24) is 0 Å². The van der Waals surface area contributed by atoms with Gasteiger partial charge in [0.1, 0.15) is 0 Å². The van der Waals surface area contributed by atoms with E-state index >= 15 is 0 Å². The molecule has 0 amide bonds. The lowest BCUT2D eigenvalue weighted by molar-refractivity contribution is -0.139.